The Morgan fingerprint density at radius 3 is 1.47 bits per heavy atom. The molecule has 6 aromatic rings. The number of rotatable bonds is 37. The molecule has 2 heterocycles. The van der Waals surface area contributed by atoms with Crippen LogP contribution in [0.15, 0.2) is 128 Å². The van der Waals surface area contributed by atoms with E-state index in [0.29, 0.717) is 75.1 Å². The van der Waals surface area contributed by atoms with Crippen molar-refractivity contribution in [2.75, 3.05) is 61.0 Å². The number of pyridine rings is 1. The number of aromatic nitrogens is 5. The van der Waals surface area contributed by atoms with Crippen molar-refractivity contribution >= 4 is 163 Å². The van der Waals surface area contributed by atoms with Crippen LogP contribution in [0, 0.1) is 20.2 Å². The summed E-state index contributed by atoms with van der Waals surface area (Å²) in [6.07, 6.45) is -4.05. The lowest BCUT2D eigenvalue weighted by molar-refractivity contribution is -0.431. The first-order valence-electron chi connectivity index (χ1n) is 36.6. The zero-order valence-electron chi connectivity index (χ0n) is 70.1. The summed E-state index contributed by atoms with van der Waals surface area (Å²) in [5.41, 5.74) is 7.85. The number of nitro groups is 2. The molecule has 2 unspecified atom stereocenters. The molecule has 0 aliphatic heterocycles. The van der Waals surface area contributed by atoms with E-state index in [9.17, 15) is 96.2 Å². The fraction of sp³-hybridized carbons (Fsp3) is 0.553. The number of aliphatic hydroxyl groups excluding tert-OH is 2. The van der Waals surface area contributed by atoms with Crippen LogP contribution in [0.2, 0.25) is 0 Å². The molecule has 8 N–H and O–H groups in total. The smallest absolute Gasteiger partial charge is 0.397 e. The molecular weight excluding hydrogens is 1750 g/mol. The summed E-state index contributed by atoms with van der Waals surface area (Å²) in [6.45, 7) is 37.5. The van der Waals surface area contributed by atoms with Gasteiger partial charge < -0.3 is 75.3 Å². The van der Waals surface area contributed by atoms with Crippen LogP contribution in [0.25, 0.3) is 5.69 Å². The van der Waals surface area contributed by atoms with Crippen molar-refractivity contribution in [3.8, 4) is 17.2 Å². The minimum Gasteiger partial charge on any atom is -0.748 e. The van der Waals surface area contributed by atoms with Crippen LogP contribution < -0.4 is 41.4 Å². The number of hydrogen-bond donors (Lipinski definition) is 4. The number of thioether (sulfide) groups is 10. The van der Waals surface area contributed by atoms with Crippen LogP contribution in [0.3, 0.4) is 0 Å². The molecule has 668 valence electrons. The average Bonchev–Trinajstić information content (AvgIpc) is 1.02. The third kappa shape index (κ3) is 62.5. The normalized spacial score (nSPS) is 11.7. The molecule has 0 amide bonds. The molecule has 0 bridgehead atoms. The summed E-state index contributed by atoms with van der Waals surface area (Å²) < 4.78 is 76.1. The Morgan fingerprint density at radius 2 is 1.06 bits per heavy atom. The summed E-state index contributed by atoms with van der Waals surface area (Å²) in [7, 11) is -1.14. The summed E-state index contributed by atoms with van der Waals surface area (Å²) in [5, 5.41) is 101. The summed E-state index contributed by atoms with van der Waals surface area (Å²) in [4.78, 5) is 68.8. The number of benzene rings is 4. The number of quaternary nitrogens is 2. The molecular formula is C76H115F3N9O19S11-3. The first kappa shape index (κ1) is 117. The summed E-state index contributed by atoms with van der Waals surface area (Å²) in [6, 6.07) is 26.0. The number of halogens is 3. The number of methoxy groups -OCH3 is 2. The molecule has 28 nitrogen and oxygen atoms in total. The van der Waals surface area contributed by atoms with Crippen LogP contribution in [0.1, 0.15) is 151 Å². The van der Waals surface area contributed by atoms with E-state index in [2.05, 4.69) is 73.5 Å². The van der Waals surface area contributed by atoms with Gasteiger partial charge in [-0.3, -0.25) is 20.2 Å². The van der Waals surface area contributed by atoms with E-state index in [1.54, 1.807) is 77.7 Å². The predicted octanol–water partition coefficient (Wildman–Crippen LogP) is 10.8. The number of aromatic carboxylic acids is 2. The molecule has 0 spiro atoms. The van der Waals surface area contributed by atoms with Gasteiger partial charge >= 0.3 is 6.18 Å². The van der Waals surface area contributed by atoms with Crippen molar-refractivity contribution in [2.24, 2.45) is 0 Å². The molecule has 0 saturated carbocycles. The number of carbonyl (C=O) groups excluding carboxylic acids is 4. The number of aliphatic carboxylic acids is 2. The van der Waals surface area contributed by atoms with Crippen molar-refractivity contribution in [3.05, 3.63) is 140 Å². The second-order valence-corrected chi connectivity index (χ2v) is 43.7. The highest BCUT2D eigenvalue weighted by molar-refractivity contribution is 8.02. The van der Waals surface area contributed by atoms with Gasteiger partial charge in [0.05, 0.1) is 110 Å². The molecule has 0 radical (unpaired) electrons. The molecule has 0 aliphatic carbocycles. The average molecular weight is 1870 g/mol. The van der Waals surface area contributed by atoms with Gasteiger partial charge in [-0.1, -0.05) is 167 Å². The Kier molecular flexibility index (Phi) is 64.3. The standard InChI is InChI=1S/C15H23NO6S2.C11H12N4O2S.C11H14O2S.C10H11NO4S.C8H11NS.C6H13NO2S.C5H9F3S.C5H13NS.C5H12O3S2/c1-9(2)23-7-11(17)12(18)8-24-15-6-14(22-4)13(21-3)5-10(15)16(19)20;1-7(2)18-11-12-13-14-15(11)9-5-3-8(4-6-9)10(16)17;1-8(2)14-10-5-3-9(4-6-10)7-11(12)13;1-6(2)16-7-3-4-9(11(14)15)8(5-7)10(12)13;1-7(2)10-8-5-3-4-6-9-8;1-4(2)10-3-5(7)6(8)9;1-4(2)9-3-5(6,7)8;1-5(2)7-4-3-6;1-5(2)9-3-4-10(6,7)8/h5-6,9,11-12,17-18H,7-8H2,1-4H3;3-7H,1-2H3,(H,16,17);3-6,8H,7H2,1-2H3,(H,12,13);3-6H,1-2H3,(H,12,13);3-7H,1-2H3;4-5H,3,7H2,1-2H3,(H,8,9);4H,3H2,1-2H3;5H,3-4,6H2,1-2H3;5H,3-4H2,1-2H3,(H,6,7,8)/p-3/t;;;;;5-;;;/m.....0.../s1. The van der Waals surface area contributed by atoms with Crippen LogP contribution in [0.5, 0.6) is 11.5 Å². The highest BCUT2D eigenvalue weighted by Crippen LogP contribution is 2.40. The topological polar surface area (TPSA) is 475 Å². The number of ether oxygens (including phenoxy) is 2. The zero-order valence-corrected chi connectivity index (χ0v) is 79.1. The Bertz CT molecular complexity index is 3900. The molecule has 3 atom stereocenters. The maximum atomic E-state index is 11.4. The number of carboxylic acid groups (broad SMARTS) is 4. The van der Waals surface area contributed by atoms with Gasteiger partial charge in [-0.15, -0.1) is 63.9 Å². The number of alkyl halides is 3. The second kappa shape index (κ2) is 65.1. The molecule has 42 heteroatoms. The summed E-state index contributed by atoms with van der Waals surface area (Å²) in [5.74, 6) is -2.47. The van der Waals surface area contributed by atoms with Crippen molar-refractivity contribution in [3.63, 3.8) is 0 Å². The Morgan fingerprint density at radius 1 is 0.576 bits per heavy atom. The molecule has 2 aromatic heterocycles. The Balaban J connectivity index is -0.00000129. The van der Waals surface area contributed by atoms with E-state index in [1.807, 2.05) is 130 Å². The van der Waals surface area contributed by atoms with Crippen molar-refractivity contribution in [2.45, 2.75) is 228 Å². The minimum atomic E-state index is -4.01. The van der Waals surface area contributed by atoms with Gasteiger partial charge in [0, 0.05) is 90.3 Å². The number of carboxylic acids is 4. The van der Waals surface area contributed by atoms with Gasteiger partial charge in [-0.05, 0) is 96.3 Å². The molecule has 118 heavy (non-hydrogen) atoms. The van der Waals surface area contributed by atoms with Crippen LogP contribution in [-0.4, -0.2) is 215 Å². The zero-order chi connectivity index (χ0) is 91.2. The van der Waals surface area contributed by atoms with E-state index in [4.69, 9.17) is 9.47 Å². The highest BCUT2D eigenvalue weighted by atomic mass is 32.2. The number of nitrogens with zero attached hydrogens (tertiary/aromatic N) is 7. The highest BCUT2D eigenvalue weighted by Gasteiger charge is 2.28. The predicted molar refractivity (Wildman–Crippen MR) is 471 cm³/mol. The van der Waals surface area contributed by atoms with Gasteiger partial charge in [-0.2, -0.15) is 64.9 Å². The molecule has 4 aromatic carbocycles. The van der Waals surface area contributed by atoms with Gasteiger partial charge in [0.15, 0.2) is 11.5 Å². The Hall–Kier alpha value is -5.58. The molecule has 0 saturated heterocycles. The van der Waals surface area contributed by atoms with Crippen LogP contribution >= 0.6 is 118 Å². The number of nitro benzene ring substituents is 2. The Labute approximate surface area is 735 Å². The van der Waals surface area contributed by atoms with Crippen molar-refractivity contribution in [1.82, 2.24) is 25.2 Å². The number of hydrogen-bond acceptors (Lipinski definition) is 33. The number of aliphatic hydroxyl groups is 2. The maximum Gasteiger partial charge on any atom is 0.397 e. The van der Waals surface area contributed by atoms with E-state index >= 15 is 0 Å². The lowest BCUT2D eigenvalue weighted by atomic mass is 10.2. The number of carbonyl (C=O) groups is 4. The minimum absolute atomic E-state index is 0.00732. The fourth-order valence-electron chi connectivity index (χ4n) is 7.47. The first-order valence-corrected chi connectivity index (χ1v) is 47.9. The SMILES string of the molecule is CC(C)SCC(F)(F)F.CC(C)SCCS(=O)(=O)[O-].CC(C)SCC[NH3+].CC(C)SC[C@H]([NH3+])C(=O)[O-].CC(C)Sc1ccc(CC(=O)[O-])cc1.CC(C)Sc1ccc([N+](=O)[O-])c(C(=O)[O-])c1.CC(C)Sc1ccccn1.CC(C)Sc1nnnn1-c1ccc(C(=O)[O-])cc1.COc1cc(SCC(O)C(O)CSC(C)C)c([N+](=O)[O-])cc1OC. The van der Waals surface area contributed by atoms with E-state index in [0.717, 1.165) is 45.9 Å². The summed E-state index contributed by atoms with van der Waals surface area (Å²) >= 11 is 15.1. The lowest BCUT2D eigenvalue weighted by Gasteiger charge is -2.18. The second-order valence-electron chi connectivity index (χ2n) is 26.5. The van der Waals surface area contributed by atoms with Gasteiger partial charge in [0.2, 0.25) is 5.16 Å². The van der Waals surface area contributed by atoms with Gasteiger partial charge in [-0.25, -0.2) is 13.4 Å². The van der Waals surface area contributed by atoms with E-state index < -0.39 is 79.7 Å². The molecule has 6 rings (SSSR count). The fourth-order valence-corrected chi connectivity index (χ4v) is 16.1. The van der Waals surface area contributed by atoms with Crippen LogP contribution in [-0.2, 0) is 26.1 Å². The largest absolute Gasteiger partial charge is 0.748 e. The first-order chi connectivity index (χ1) is 54.8. The maximum absolute atomic E-state index is 11.4. The van der Waals surface area contributed by atoms with Crippen LogP contribution in [0.4, 0.5) is 24.5 Å². The van der Waals surface area contributed by atoms with Gasteiger partial charge in [0.25, 0.3) is 11.4 Å². The van der Waals surface area contributed by atoms with E-state index in [1.165, 1.54) is 103 Å². The number of tetrazole rings is 1. The van der Waals surface area contributed by atoms with E-state index in [-0.39, 0.29) is 51.0 Å². The van der Waals surface area contributed by atoms with Crippen molar-refractivity contribution in [1.29, 1.82) is 0 Å². The third-order valence-corrected chi connectivity index (χ3v) is 24.5. The lowest BCUT2D eigenvalue weighted by Crippen LogP contribution is -2.69. The quantitative estimate of drug-likeness (QED) is 0.0122. The molecule has 0 aliphatic rings. The monoisotopic (exact) mass is 1870 g/mol. The third-order valence-electron chi connectivity index (χ3n) is 12.6. The van der Waals surface area contributed by atoms with Gasteiger partial charge in [0.1, 0.15) is 6.04 Å². The van der Waals surface area contributed by atoms with Crippen molar-refractivity contribution < 1.29 is 107 Å². The molecule has 0 fully saturated rings.